The van der Waals surface area contributed by atoms with Gasteiger partial charge in [0.2, 0.25) is 10.0 Å². The summed E-state index contributed by atoms with van der Waals surface area (Å²) in [5.74, 6) is 0. The van der Waals surface area contributed by atoms with Gasteiger partial charge in [0, 0.05) is 34.9 Å². The summed E-state index contributed by atoms with van der Waals surface area (Å²) in [6, 6.07) is 14.8. The molecule has 0 amide bonds. The van der Waals surface area contributed by atoms with Crippen molar-refractivity contribution < 1.29 is 12.8 Å². The van der Waals surface area contributed by atoms with Crippen molar-refractivity contribution in [2.45, 2.75) is 30.2 Å². The standard InChI is InChI=1S/C24H24ClN3O3S/c25-24-21-5-3-7-23(20(21)8-12-26-24)32(29,30)27-18-10-14-28(15-11-18)13-9-17-16-31-22-6-2-1-4-19(17)22/h1-8,12,16,18,27H,9-11,13-15H2. The fourth-order valence-electron chi connectivity index (χ4n) is 4.44. The zero-order valence-corrected chi connectivity index (χ0v) is 19.1. The Hall–Kier alpha value is -2.45. The van der Waals surface area contributed by atoms with E-state index in [-0.39, 0.29) is 10.9 Å². The lowest BCUT2D eigenvalue weighted by Gasteiger charge is -2.32. The largest absolute Gasteiger partial charge is 0.464 e. The molecule has 2 aromatic carbocycles. The maximum Gasteiger partial charge on any atom is 0.241 e. The molecule has 1 saturated heterocycles. The van der Waals surface area contributed by atoms with Crippen LogP contribution in [0.2, 0.25) is 5.15 Å². The number of likely N-dealkylation sites (tertiary alicyclic amines) is 1. The van der Waals surface area contributed by atoms with Gasteiger partial charge in [-0.25, -0.2) is 18.1 Å². The van der Waals surface area contributed by atoms with Gasteiger partial charge in [-0.2, -0.15) is 0 Å². The highest BCUT2D eigenvalue weighted by molar-refractivity contribution is 7.89. The number of sulfonamides is 1. The lowest BCUT2D eigenvalue weighted by molar-refractivity contribution is 0.209. The van der Waals surface area contributed by atoms with Gasteiger partial charge in [-0.05, 0) is 56.1 Å². The van der Waals surface area contributed by atoms with Crippen molar-refractivity contribution in [2.75, 3.05) is 19.6 Å². The monoisotopic (exact) mass is 469 g/mol. The SMILES string of the molecule is O=S(=O)(NC1CCN(CCc2coc3ccccc23)CC1)c1cccc2c(Cl)nccc12. The first-order chi connectivity index (χ1) is 15.5. The number of para-hydroxylation sites is 1. The predicted octanol–water partition coefficient (Wildman–Crippen LogP) is 4.62. The van der Waals surface area contributed by atoms with Crippen LogP contribution in [0.15, 0.2) is 70.3 Å². The van der Waals surface area contributed by atoms with Crippen LogP contribution in [0.25, 0.3) is 21.7 Å². The Morgan fingerprint density at radius 1 is 1.03 bits per heavy atom. The number of piperidine rings is 1. The van der Waals surface area contributed by atoms with Crippen molar-refractivity contribution in [2.24, 2.45) is 0 Å². The molecule has 32 heavy (non-hydrogen) atoms. The second-order valence-electron chi connectivity index (χ2n) is 8.20. The van der Waals surface area contributed by atoms with E-state index in [0.29, 0.717) is 15.9 Å². The van der Waals surface area contributed by atoms with Crippen LogP contribution >= 0.6 is 11.6 Å². The van der Waals surface area contributed by atoms with E-state index in [0.717, 1.165) is 44.5 Å². The van der Waals surface area contributed by atoms with Crippen LogP contribution in [0.3, 0.4) is 0 Å². The zero-order valence-electron chi connectivity index (χ0n) is 17.5. The van der Waals surface area contributed by atoms with Crippen LogP contribution in [-0.2, 0) is 16.4 Å². The maximum absolute atomic E-state index is 13.1. The number of hydrogen-bond acceptors (Lipinski definition) is 5. The maximum atomic E-state index is 13.1. The van der Waals surface area contributed by atoms with E-state index in [1.54, 1.807) is 24.3 Å². The molecule has 166 valence electrons. The van der Waals surface area contributed by atoms with Crippen LogP contribution in [-0.4, -0.2) is 44.0 Å². The highest BCUT2D eigenvalue weighted by Gasteiger charge is 2.26. The van der Waals surface area contributed by atoms with Crippen LogP contribution in [0.5, 0.6) is 0 Å². The Balaban J connectivity index is 1.21. The Kier molecular flexibility index (Phi) is 5.90. The minimum Gasteiger partial charge on any atom is -0.464 e. The van der Waals surface area contributed by atoms with Crippen LogP contribution in [0, 0.1) is 0 Å². The highest BCUT2D eigenvalue weighted by Crippen LogP contribution is 2.28. The fourth-order valence-corrected chi connectivity index (χ4v) is 6.19. The molecule has 0 saturated carbocycles. The molecule has 5 rings (SSSR count). The van der Waals surface area contributed by atoms with E-state index in [2.05, 4.69) is 20.7 Å². The Labute approximate surface area is 192 Å². The number of pyridine rings is 1. The van der Waals surface area contributed by atoms with Gasteiger partial charge in [0.1, 0.15) is 10.7 Å². The summed E-state index contributed by atoms with van der Waals surface area (Å²) in [6.07, 6.45) is 5.85. The molecule has 2 aromatic heterocycles. The van der Waals surface area contributed by atoms with Crippen molar-refractivity contribution in [1.29, 1.82) is 0 Å². The van der Waals surface area contributed by atoms with Gasteiger partial charge in [0.15, 0.2) is 0 Å². The van der Waals surface area contributed by atoms with Crippen LogP contribution in [0.4, 0.5) is 0 Å². The summed E-state index contributed by atoms with van der Waals surface area (Å²) >= 11 is 6.15. The Bertz CT molecular complexity index is 1360. The van der Waals surface area contributed by atoms with Gasteiger partial charge in [0.05, 0.1) is 11.2 Å². The molecule has 1 aliphatic heterocycles. The molecule has 4 aromatic rings. The summed E-state index contributed by atoms with van der Waals surface area (Å²) in [5, 5.41) is 2.70. The van der Waals surface area contributed by atoms with Crippen molar-refractivity contribution in [3.63, 3.8) is 0 Å². The van der Waals surface area contributed by atoms with Crippen molar-refractivity contribution in [1.82, 2.24) is 14.6 Å². The van der Waals surface area contributed by atoms with Crippen LogP contribution in [0.1, 0.15) is 18.4 Å². The van der Waals surface area contributed by atoms with Gasteiger partial charge in [-0.1, -0.05) is 41.9 Å². The molecule has 6 nitrogen and oxygen atoms in total. The third-order valence-electron chi connectivity index (χ3n) is 6.17. The molecular formula is C24H24ClN3O3S. The average molecular weight is 470 g/mol. The van der Waals surface area contributed by atoms with E-state index >= 15 is 0 Å². The quantitative estimate of drug-likeness (QED) is 0.417. The van der Waals surface area contributed by atoms with Crippen molar-refractivity contribution >= 4 is 43.4 Å². The van der Waals surface area contributed by atoms with E-state index in [9.17, 15) is 8.42 Å². The number of aromatic nitrogens is 1. The third kappa shape index (κ3) is 4.26. The predicted molar refractivity (Wildman–Crippen MR) is 126 cm³/mol. The molecule has 0 atom stereocenters. The minimum atomic E-state index is -3.66. The molecule has 8 heteroatoms. The van der Waals surface area contributed by atoms with Gasteiger partial charge in [-0.15, -0.1) is 0 Å². The highest BCUT2D eigenvalue weighted by atomic mass is 35.5. The summed E-state index contributed by atoms with van der Waals surface area (Å²) in [5.41, 5.74) is 2.13. The number of halogens is 1. The molecule has 1 fully saturated rings. The second kappa shape index (κ2) is 8.83. The number of nitrogens with zero attached hydrogens (tertiary/aromatic N) is 2. The lowest BCUT2D eigenvalue weighted by atomic mass is 10.0. The van der Waals surface area contributed by atoms with Gasteiger partial charge in [0.25, 0.3) is 0 Å². The van der Waals surface area contributed by atoms with Crippen LogP contribution < -0.4 is 4.72 Å². The molecule has 0 bridgehead atoms. The number of nitrogens with one attached hydrogen (secondary N) is 1. The van der Waals surface area contributed by atoms with E-state index in [4.69, 9.17) is 16.0 Å². The van der Waals surface area contributed by atoms with Gasteiger partial charge < -0.3 is 9.32 Å². The first-order valence-corrected chi connectivity index (χ1v) is 12.6. The number of hydrogen-bond donors (Lipinski definition) is 1. The second-order valence-corrected chi connectivity index (χ2v) is 10.2. The zero-order chi connectivity index (χ0) is 22.1. The van der Waals surface area contributed by atoms with Gasteiger partial charge >= 0.3 is 0 Å². The molecule has 0 radical (unpaired) electrons. The number of benzene rings is 2. The van der Waals surface area contributed by atoms with E-state index < -0.39 is 10.0 Å². The molecule has 0 unspecified atom stereocenters. The smallest absolute Gasteiger partial charge is 0.241 e. The molecule has 0 spiro atoms. The molecule has 0 aliphatic carbocycles. The lowest BCUT2D eigenvalue weighted by Crippen LogP contribution is -2.45. The average Bonchev–Trinajstić information content (AvgIpc) is 3.21. The van der Waals surface area contributed by atoms with Crippen molar-refractivity contribution in [3.8, 4) is 0 Å². The van der Waals surface area contributed by atoms with Gasteiger partial charge in [-0.3, -0.25) is 0 Å². The first-order valence-electron chi connectivity index (χ1n) is 10.7. The minimum absolute atomic E-state index is 0.0847. The van der Waals surface area contributed by atoms with Crippen molar-refractivity contribution in [3.05, 3.63) is 71.7 Å². The van der Waals surface area contributed by atoms with E-state index in [1.165, 1.54) is 17.1 Å². The molecule has 1 N–H and O–H groups in total. The molecular weight excluding hydrogens is 446 g/mol. The third-order valence-corrected chi connectivity index (χ3v) is 8.05. The molecule has 3 heterocycles. The number of rotatable bonds is 6. The summed E-state index contributed by atoms with van der Waals surface area (Å²) in [6.45, 7) is 2.64. The first kappa shape index (κ1) is 21.4. The summed E-state index contributed by atoms with van der Waals surface area (Å²) in [7, 11) is -3.66. The number of fused-ring (bicyclic) bond motifs is 2. The van der Waals surface area contributed by atoms with E-state index in [1.807, 2.05) is 24.5 Å². The topological polar surface area (TPSA) is 75.4 Å². The molecule has 1 aliphatic rings. The Morgan fingerprint density at radius 3 is 2.66 bits per heavy atom. The number of furan rings is 1. The Morgan fingerprint density at radius 2 is 1.81 bits per heavy atom. The summed E-state index contributed by atoms with van der Waals surface area (Å²) in [4.78, 5) is 6.67. The fraction of sp³-hybridized carbons (Fsp3) is 0.292. The normalized spacial score (nSPS) is 16.2. The summed E-state index contributed by atoms with van der Waals surface area (Å²) < 4.78 is 34.8.